The van der Waals surface area contributed by atoms with E-state index in [1.54, 1.807) is 6.07 Å². The zero-order valence-corrected chi connectivity index (χ0v) is 17.0. The van der Waals surface area contributed by atoms with E-state index in [0.29, 0.717) is 24.7 Å². The molecule has 2 aromatic rings. The summed E-state index contributed by atoms with van der Waals surface area (Å²) < 4.78 is 11.6. The molecular weight excluding hydrogens is 362 g/mol. The van der Waals surface area contributed by atoms with Crippen LogP contribution in [0.25, 0.3) is 0 Å². The molecule has 0 aliphatic heterocycles. The molecule has 2 aromatic carbocycles. The van der Waals surface area contributed by atoms with Crippen molar-refractivity contribution < 1.29 is 14.4 Å². The normalized spacial score (nSPS) is 10.6. The summed E-state index contributed by atoms with van der Waals surface area (Å²) in [6.45, 7) is 7.17. The highest BCUT2D eigenvalue weighted by atomic mass is 32.2. The van der Waals surface area contributed by atoms with E-state index in [2.05, 4.69) is 13.8 Å². The topological polar surface area (TPSA) is 61.6 Å². The Kier molecular flexibility index (Phi) is 8.45. The van der Waals surface area contributed by atoms with Gasteiger partial charge < -0.3 is 9.47 Å². The molecule has 0 fully saturated rings. The summed E-state index contributed by atoms with van der Waals surface area (Å²) in [6.07, 6.45) is 3.72. The first kappa shape index (κ1) is 21.1. The largest absolute Gasteiger partial charge is 0.492 e. The third kappa shape index (κ3) is 6.47. The Morgan fingerprint density at radius 2 is 1.56 bits per heavy atom. The number of rotatable bonds is 11. The van der Waals surface area contributed by atoms with E-state index in [1.807, 2.05) is 31.2 Å². The maximum absolute atomic E-state index is 11.5. The number of benzene rings is 2. The third-order valence-corrected chi connectivity index (χ3v) is 5.03. The van der Waals surface area contributed by atoms with Crippen molar-refractivity contribution in [2.75, 3.05) is 13.2 Å². The summed E-state index contributed by atoms with van der Waals surface area (Å²) in [4.78, 5) is 13.0. The number of aryl methyl sites for hydroxylation is 1. The van der Waals surface area contributed by atoms with Gasteiger partial charge in [-0.3, -0.25) is 10.1 Å². The molecular formula is C21H27NO4S. The Hall–Kier alpha value is -2.21. The van der Waals surface area contributed by atoms with Crippen molar-refractivity contribution in [2.24, 2.45) is 0 Å². The highest BCUT2D eigenvalue weighted by Gasteiger charge is 2.21. The first-order valence-electron chi connectivity index (χ1n) is 9.37. The average Bonchev–Trinajstić information content (AvgIpc) is 2.65. The second-order valence-electron chi connectivity index (χ2n) is 6.34. The molecule has 0 radical (unpaired) electrons. The van der Waals surface area contributed by atoms with Crippen molar-refractivity contribution in [1.29, 1.82) is 0 Å². The fourth-order valence-electron chi connectivity index (χ4n) is 2.37. The van der Waals surface area contributed by atoms with Crippen molar-refractivity contribution in [1.82, 2.24) is 0 Å². The lowest BCUT2D eigenvalue weighted by atomic mass is 10.2. The zero-order valence-electron chi connectivity index (χ0n) is 16.2. The SMILES string of the molecule is CCCCOc1cc([N+](=O)[O-])c(OCCCC)cc1Sc1ccc(C)cc1. The standard InChI is InChI=1S/C21H27NO4S/c1-4-6-12-25-19-15-21(27-17-10-8-16(3)9-11-17)20(26-13-7-5-2)14-18(19)22(23)24/h8-11,14-15H,4-7,12-13H2,1-3H3. The van der Waals surface area contributed by atoms with E-state index >= 15 is 0 Å². The third-order valence-electron chi connectivity index (χ3n) is 3.98. The van der Waals surface area contributed by atoms with Crippen LogP contribution >= 0.6 is 11.8 Å². The van der Waals surface area contributed by atoms with Crippen molar-refractivity contribution in [3.05, 3.63) is 52.1 Å². The molecule has 0 amide bonds. The Balaban J connectivity index is 2.36. The van der Waals surface area contributed by atoms with E-state index in [1.165, 1.54) is 23.4 Å². The summed E-state index contributed by atoms with van der Waals surface area (Å²) >= 11 is 1.53. The van der Waals surface area contributed by atoms with Crippen molar-refractivity contribution in [3.8, 4) is 11.5 Å². The molecule has 0 saturated heterocycles. The lowest BCUT2D eigenvalue weighted by molar-refractivity contribution is -0.386. The lowest BCUT2D eigenvalue weighted by Gasteiger charge is -2.14. The van der Waals surface area contributed by atoms with E-state index < -0.39 is 4.92 Å². The van der Waals surface area contributed by atoms with E-state index in [0.717, 1.165) is 35.5 Å². The second-order valence-corrected chi connectivity index (χ2v) is 7.46. The minimum absolute atomic E-state index is 0.0501. The maximum Gasteiger partial charge on any atom is 0.314 e. The number of nitro benzene ring substituents is 1. The molecule has 5 nitrogen and oxygen atoms in total. The first-order chi connectivity index (χ1) is 13.0. The van der Waals surface area contributed by atoms with Crippen LogP contribution in [0.2, 0.25) is 0 Å². The molecule has 6 heteroatoms. The van der Waals surface area contributed by atoms with Gasteiger partial charge in [-0.15, -0.1) is 0 Å². The summed E-state index contributed by atoms with van der Waals surface area (Å²) in [6, 6.07) is 11.4. The minimum Gasteiger partial charge on any atom is -0.492 e. The number of ether oxygens (including phenoxy) is 2. The summed E-state index contributed by atoms with van der Waals surface area (Å²) in [5.74, 6) is 0.828. The smallest absolute Gasteiger partial charge is 0.314 e. The van der Waals surface area contributed by atoms with Crippen LogP contribution in [0.1, 0.15) is 45.1 Å². The van der Waals surface area contributed by atoms with Gasteiger partial charge in [-0.25, -0.2) is 0 Å². The van der Waals surface area contributed by atoms with Gasteiger partial charge in [0.1, 0.15) is 5.75 Å². The predicted molar refractivity (Wildman–Crippen MR) is 109 cm³/mol. The van der Waals surface area contributed by atoms with Gasteiger partial charge in [0.25, 0.3) is 0 Å². The first-order valence-corrected chi connectivity index (χ1v) is 10.2. The van der Waals surface area contributed by atoms with Crippen LogP contribution in [-0.4, -0.2) is 18.1 Å². The van der Waals surface area contributed by atoms with Crippen molar-refractivity contribution in [2.45, 2.75) is 56.2 Å². The summed E-state index contributed by atoms with van der Waals surface area (Å²) in [5.41, 5.74) is 1.14. The Morgan fingerprint density at radius 3 is 2.11 bits per heavy atom. The minimum atomic E-state index is -0.408. The van der Waals surface area contributed by atoms with Crippen LogP contribution in [0, 0.1) is 17.0 Å². The van der Waals surface area contributed by atoms with Gasteiger partial charge in [-0.05, 0) is 31.9 Å². The molecule has 0 unspecified atom stereocenters. The lowest BCUT2D eigenvalue weighted by Crippen LogP contribution is -2.03. The number of nitrogens with zero attached hydrogens (tertiary/aromatic N) is 1. The summed E-state index contributed by atoms with van der Waals surface area (Å²) in [5, 5.41) is 11.5. The second kappa shape index (κ2) is 10.8. The molecule has 0 heterocycles. The fourth-order valence-corrected chi connectivity index (χ4v) is 3.28. The van der Waals surface area contributed by atoms with Crippen LogP contribution in [0.5, 0.6) is 11.5 Å². The van der Waals surface area contributed by atoms with E-state index in [-0.39, 0.29) is 5.69 Å². The van der Waals surface area contributed by atoms with Gasteiger partial charge in [0.15, 0.2) is 5.75 Å². The van der Waals surface area contributed by atoms with Crippen LogP contribution in [0.15, 0.2) is 46.2 Å². The molecule has 0 aromatic heterocycles. The number of hydrogen-bond acceptors (Lipinski definition) is 5. The van der Waals surface area contributed by atoms with Gasteiger partial charge in [-0.1, -0.05) is 56.1 Å². The molecule has 0 atom stereocenters. The van der Waals surface area contributed by atoms with Crippen LogP contribution in [0.4, 0.5) is 5.69 Å². The van der Waals surface area contributed by atoms with Gasteiger partial charge in [0.05, 0.1) is 29.1 Å². The fraction of sp³-hybridized carbons (Fsp3) is 0.429. The number of hydrogen-bond donors (Lipinski definition) is 0. The molecule has 0 saturated carbocycles. The van der Waals surface area contributed by atoms with Crippen molar-refractivity contribution >= 4 is 17.4 Å². The molecule has 146 valence electrons. The van der Waals surface area contributed by atoms with Gasteiger partial charge >= 0.3 is 5.69 Å². The molecule has 0 aliphatic rings. The molecule has 0 bridgehead atoms. The van der Waals surface area contributed by atoms with Crippen LogP contribution in [0.3, 0.4) is 0 Å². The van der Waals surface area contributed by atoms with Crippen LogP contribution < -0.4 is 9.47 Å². The van der Waals surface area contributed by atoms with E-state index in [4.69, 9.17) is 9.47 Å². The predicted octanol–water partition coefficient (Wildman–Crippen LogP) is 6.41. The average molecular weight is 390 g/mol. The monoisotopic (exact) mass is 389 g/mol. The molecule has 0 spiro atoms. The molecule has 0 N–H and O–H groups in total. The van der Waals surface area contributed by atoms with Gasteiger partial charge in [0, 0.05) is 11.0 Å². The molecule has 2 rings (SSSR count). The Bertz CT molecular complexity index is 747. The molecule has 27 heavy (non-hydrogen) atoms. The maximum atomic E-state index is 11.5. The molecule has 0 aliphatic carbocycles. The quantitative estimate of drug-likeness (QED) is 0.252. The number of unbranched alkanes of at least 4 members (excludes halogenated alkanes) is 2. The van der Waals surface area contributed by atoms with E-state index in [9.17, 15) is 10.1 Å². The van der Waals surface area contributed by atoms with Crippen molar-refractivity contribution in [3.63, 3.8) is 0 Å². The highest BCUT2D eigenvalue weighted by molar-refractivity contribution is 7.99. The Labute approximate surface area is 165 Å². The Morgan fingerprint density at radius 1 is 0.963 bits per heavy atom. The number of nitro groups is 1. The zero-order chi connectivity index (χ0) is 19.6. The highest BCUT2D eigenvalue weighted by Crippen LogP contribution is 2.42. The summed E-state index contributed by atoms with van der Waals surface area (Å²) in [7, 11) is 0. The van der Waals surface area contributed by atoms with Crippen LogP contribution in [-0.2, 0) is 0 Å². The van der Waals surface area contributed by atoms with Gasteiger partial charge in [-0.2, -0.15) is 0 Å². The van der Waals surface area contributed by atoms with Gasteiger partial charge in [0.2, 0.25) is 0 Å².